The summed E-state index contributed by atoms with van der Waals surface area (Å²) < 4.78 is 393. The van der Waals surface area contributed by atoms with E-state index >= 15 is 0 Å². The van der Waals surface area contributed by atoms with Crippen molar-refractivity contribution in [3.8, 4) is 0 Å². The van der Waals surface area contributed by atoms with Crippen molar-refractivity contribution in [1.82, 2.24) is 0 Å². The average Bonchev–Trinajstić information content (AvgIpc) is 1.05. The number of benzene rings is 1. The van der Waals surface area contributed by atoms with Crippen LogP contribution in [-0.4, -0.2) is 89.6 Å². The summed E-state index contributed by atoms with van der Waals surface area (Å²) in [5.74, 6) is -42.4. The quantitative estimate of drug-likeness (QED) is 0.258. The molecule has 0 radical (unpaired) electrons. The summed E-state index contributed by atoms with van der Waals surface area (Å²) in [6.45, 7) is 24.0. The smallest absolute Gasteiger partial charge is 0.237 e. The minimum Gasteiger partial charge on any atom is -0.237 e. The molecular weight excluding hydrogens is 1560 g/mol. The van der Waals surface area contributed by atoms with Crippen LogP contribution in [0.25, 0.3) is 0 Å². The van der Waals surface area contributed by atoms with Crippen molar-refractivity contribution in [3.63, 3.8) is 0 Å². The fraction of sp³-hybridized carbons (Fsp3) is 0.926. The van der Waals surface area contributed by atoms with Crippen LogP contribution in [0.1, 0.15) is 328 Å². The molecule has 0 aliphatic heterocycles. The molecule has 0 saturated heterocycles. The molecule has 0 amide bonds. The number of halogens is 31. The average molecular weight is 1690 g/mol. The van der Waals surface area contributed by atoms with E-state index in [1.165, 1.54) is 104 Å². The lowest BCUT2D eigenvalue weighted by Gasteiger charge is -2.47. The Morgan fingerprint density at radius 2 is 0.696 bits per heavy atom. The maximum atomic E-state index is 13.3. The van der Waals surface area contributed by atoms with Gasteiger partial charge < -0.3 is 0 Å². The fourth-order valence-electron chi connectivity index (χ4n) is 15.4. The van der Waals surface area contributed by atoms with E-state index in [-0.39, 0.29) is 39.0 Å². The van der Waals surface area contributed by atoms with Gasteiger partial charge in [-0.2, -0.15) is 101 Å². The van der Waals surface area contributed by atoms with Crippen molar-refractivity contribution < 1.29 is 136 Å². The van der Waals surface area contributed by atoms with E-state index in [1.54, 1.807) is 13.8 Å². The monoisotopic (exact) mass is 1690 g/mol. The topological polar surface area (TPSA) is 0 Å². The summed E-state index contributed by atoms with van der Waals surface area (Å²) in [7, 11) is 0. The highest BCUT2D eigenvalue weighted by Crippen LogP contribution is 2.63. The maximum absolute atomic E-state index is 13.3. The molecule has 9 aliphatic carbocycles. The Labute approximate surface area is 644 Å². The van der Waals surface area contributed by atoms with Gasteiger partial charge in [-0.15, -0.1) is 0 Å². The number of hydrogen-bond acceptors (Lipinski definition) is 0. The first kappa shape index (κ1) is 107. The third kappa shape index (κ3) is 26.0. The first-order valence-corrected chi connectivity index (χ1v) is 39.4. The van der Waals surface area contributed by atoms with E-state index < -0.39 is 161 Å². The summed E-state index contributed by atoms with van der Waals surface area (Å²) in [5, 5.41) is 0. The molecule has 9 aliphatic rings. The molecule has 31 heteroatoms. The molecule has 0 aromatic heterocycles. The molecule has 0 N–H and O–H groups in total. The van der Waals surface area contributed by atoms with Gasteiger partial charge in [-0.05, 0) is 166 Å². The lowest BCUT2D eigenvalue weighted by atomic mass is 9.67. The van der Waals surface area contributed by atoms with Gasteiger partial charge in [0.25, 0.3) is 11.8 Å². The number of aryl methyl sites for hydroxylation is 1. The van der Waals surface area contributed by atoms with Gasteiger partial charge in [0.2, 0.25) is 6.43 Å². The van der Waals surface area contributed by atoms with Crippen molar-refractivity contribution in [2.45, 2.75) is 419 Å². The van der Waals surface area contributed by atoms with Gasteiger partial charge in [-0.3, -0.25) is 0 Å². The zero-order chi connectivity index (χ0) is 88.0. The zero-order valence-electron chi connectivity index (χ0n) is 68.0. The van der Waals surface area contributed by atoms with Crippen molar-refractivity contribution >= 4 is 0 Å². The minimum absolute atomic E-state index is 0.150. The lowest BCUT2D eigenvalue weighted by molar-refractivity contribution is -0.365. The number of hydrogen-bond donors (Lipinski definition) is 0. The van der Waals surface area contributed by atoms with E-state index in [2.05, 4.69) is 46.8 Å². The van der Waals surface area contributed by atoms with E-state index in [4.69, 9.17) is 0 Å². The second-order valence-corrected chi connectivity index (χ2v) is 35.6. The standard InChI is InChI=1S/C9H12F6.C9H14F4.2C9H15F3.C9H18.C8H13F3.C8H16.C7H7F7.C7H8.C6H7F5/c1-5-3-4-7(2,6(10)11)9(14,15)8(5,12)13;1-6-4-5-7(2,3)9(12,13)8(6,10)11;1-7-3-5-8(2,6-4-7)9(10,11)12;1-2-8(9(10,11)12)6-4-3-5-7-8;1-3-9(2)7-5-4-6-8-9;1-2-7(8(9,10)11)5-3-4-6-7;1-3-8(2)6-4-5-7-8;1-4(8)2-3-5(9,10)7(13,14)6(4,11)12;1-7-5-3-2-4-6-7;1-4(7)2-5(8,9)3-6(4,10)11/h5-6H,3-4H2,1-2H3;6H,4-5H2,1-3H3;7H,3-6H2,1-2H3;2-7H2,1H3;3-8H2,1-2H3;2-6H2,1H3;3-7H2,1-2H3;2-3H2,1H3;2-6H,1H3;2-3H2,1H3. The van der Waals surface area contributed by atoms with Crippen LogP contribution in [-0.2, 0) is 0 Å². The minimum atomic E-state index is -5.64. The van der Waals surface area contributed by atoms with Gasteiger partial charge >= 0.3 is 60.0 Å². The first-order chi connectivity index (χ1) is 50.1. The summed E-state index contributed by atoms with van der Waals surface area (Å²) in [4.78, 5) is 0. The molecule has 112 heavy (non-hydrogen) atoms. The molecule has 5 atom stereocenters. The Morgan fingerprint density at radius 1 is 0.348 bits per heavy atom. The first-order valence-electron chi connectivity index (χ1n) is 39.4. The lowest BCUT2D eigenvalue weighted by Crippen LogP contribution is -2.66. The molecule has 9 saturated carbocycles. The fourth-order valence-corrected chi connectivity index (χ4v) is 15.4. The molecule has 10 rings (SSSR count). The zero-order valence-corrected chi connectivity index (χ0v) is 68.0. The van der Waals surface area contributed by atoms with Crippen LogP contribution >= 0.6 is 0 Å². The van der Waals surface area contributed by atoms with E-state index in [1.807, 2.05) is 25.1 Å². The molecule has 1 aromatic rings. The van der Waals surface area contributed by atoms with E-state index in [0.717, 1.165) is 62.7 Å². The predicted octanol–water partition coefficient (Wildman–Crippen LogP) is 33.4. The highest BCUT2D eigenvalue weighted by molar-refractivity contribution is 5.13. The SMILES string of the molecule is CC1(F)CC(F)(F)CC1(F)F.CC1(F)CCC(F)(F)C(F)(F)C1(F)F.CC1CCC(C)(C(F)(F)F)CC1.CC1CCC(C)(C(F)F)C(F)(F)C1(F)F.CC1CCC(C)(C)C(F)(F)C1(F)F.CCC1(C(F)(F)F)CCCC1.CCC1(C(F)(F)F)CCCCC1.CCC1(C)CCCC1.CCC1(C)CCCCC1.Cc1ccccc1. The molecule has 0 heterocycles. The Balaban J connectivity index is 0.000000626. The van der Waals surface area contributed by atoms with Crippen LogP contribution in [0.5, 0.6) is 0 Å². The predicted molar refractivity (Wildman–Crippen MR) is 377 cm³/mol. The third-order valence-corrected chi connectivity index (χ3v) is 26.2. The summed E-state index contributed by atoms with van der Waals surface area (Å²) in [6, 6.07) is 10.3. The number of rotatable bonds is 5. The molecule has 9 fully saturated rings. The second-order valence-electron chi connectivity index (χ2n) is 35.6. The molecule has 0 spiro atoms. The van der Waals surface area contributed by atoms with Gasteiger partial charge in [0.05, 0.1) is 34.5 Å². The molecule has 0 nitrogen and oxygen atoms in total. The van der Waals surface area contributed by atoms with Gasteiger partial charge in [0, 0.05) is 23.7 Å². The molecule has 666 valence electrons. The molecule has 5 unspecified atom stereocenters. The van der Waals surface area contributed by atoms with Crippen LogP contribution in [0.2, 0.25) is 0 Å². The van der Waals surface area contributed by atoms with Crippen LogP contribution in [0.4, 0.5) is 136 Å². The maximum Gasteiger partial charge on any atom is 0.394 e. The van der Waals surface area contributed by atoms with Crippen molar-refractivity contribution in [2.24, 2.45) is 55.7 Å². The number of alkyl halides is 31. The van der Waals surface area contributed by atoms with Crippen molar-refractivity contribution in [3.05, 3.63) is 35.9 Å². The highest BCUT2D eigenvalue weighted by Gasteiger charge is 2.81. The summed E-state index contributed by atoms with van der Waals surface area (Å²) in [6.07, 6.45) is 1.96. The molecule has 0 bridgehead atoms. The van der Waals surface area contributed by atoms with Gasteiger partial charge in [0.15, 0.2) is 11.3 Å². The van der Waals surface area contributed by atoms with Crippen molar-refractivity contribution in [2.75, 3.05) is 0 Å². The Kier molecular flexibility index (Phi) is 37.8. The Bertz CT molecular complexity index is 2790. The van der Waals surface area contributed by atoms with Crippen LogP contribution in [0.15, 0.2) is 30.3 Å². The van der Waals surface area contributed by atoms with Crippen LogP contribution in [0.3, 0.4) is 0 Å². The highest BCUT2D eigenvalue weighted by atomic mass is 19.4. The van der Waals surface area contributed by atoms with E-state index in [0.29, 0.717) is 58.3 Å². The van der Waals surface area contributed by atoms with Gasteiger partial charge in [-0.1, -0.05) is 196 Å². The van der Waals surface area contributed by atoms with E-state index in [9.17, 15) is 136 Å². The van der Waals surface area contributed by atoms with Gasteiger partial charge in [-0.25, -0.2) is 35.1 Å². The normalized spacial score (nSPS) is 31.9. The summed E-state index contributed by atoms with van der Waals surface area (Å²) in [5.41, 5.74) is -12.5. The Hall–Kier alpha value is -2.95. The summed E-state index contributed by atoms with van der Waals surface area (Å²) >= 11 is 0. The largest absolute Gasteiger partial charge is 0.394 e. The Morgan fingerprint density at radius 3 is 0.955 bits per heavy atom. The molecular formula is C81H125F31. The van der Waals surface area contributed by atoms with Gasteiger partial charge in [0.1, 0.15) is 0 Å². The second kappa shape index (κ2) is 39.5. The third-order valence-electron chi connectivity index (χ3n) is 26.2. The van der Waals surface area contributed by atoms with Crippen molar-refractivity contribution in [1.29, 1.82) is 0 Å². The molecule has 1 aromatic carbocycles. The van der Waals surface area contributed by atoms with Crippen LogP contribution in [0, 0.1) is 62.6 Å². The van der Waals surface area contributed by atoms with Crippen LogP contribution < -0.4 is 0 Å².